The fourth-order valence-corrected chi connectivity index (χ4v) is 2.00. The van der Waals surface area contributed by atoms with Crippen LogP contribution >= 0.6 is 0 Å². The number of hydrogen-bond acceptors (Lipinski definition) is 1. The fourth-order valence-electron chi connectivity index (χ4n) is 2.00. The van der Waals surface area contributed by atoms with Gasteiger partial charge in [0.15, 0.2) is 0 Å². The number of hydrogen-bond donors (Lipinski definition) is 0. The zero-order chi connectivity index (χ0) is 12.8. The van der Waals surface area contributed by atoms with Crippen molar-refractivity contribution in [3.63, 3.8) is 0 Å². The Hall–Kier alpha value is -1.96. The Morgan fingerprint density at radius 2 is 1.94 bits per heavy atom. The van der Waals surface area contributed by atoms with Crippen molar-refractivity contribution < 1.29 is 13.2 Å². The fraction of sp³-hybridized carbons (Fsp3) is 0.250. The predicted molar refractivity (Wildman–Crippen MR) is 57.4 cm³/mol. The molecule has 0 aliphatic rings. The van der Waals surface area contributed by atoms with Crippen LogP contribution in [-0.2, 0) is 13.2 Å². The maximum atomic E-state index is 12.9. The Labute approximate surface area is 95.9 Å². The van der Waals surface area contributed by atoms with E-state index in [1.165, 1.54) is 7.05 Å². The minimum absolute atomic E-state index is 0.307. The van der Waals surface area contributed by atoms with Gasteiger partial charge in [0.1, 0.15) is 11.8 Å². The minimum atomic E-state index is -4.52. The van der Waals surface area contributed by atoms with E-state index in [1.54, 1.807) is 31.2 Å². The second kappa shape index (κ2) is 3.52. The normalized spacial score (nSPS) is 11.8. The van der Waals surface area contributed by atoms with E-state index in [9.17, 15) is 13.2 Å². The van der Waals surface area contributed by atoms with Gasteiger partial charge in [-0.1, -0.05) is 11.6 Å². The van der Waals surface area contributed by atoms with Gasteiger partial charge in [0, 0.05) is 18.0 Å². The molecule has 5 heteroatoms. The quantitative estimate of drug-likeness (QED) is 0.691. The summed E-state index contributed by atoms with van der Waals surface area (Å²) in [6.45, 7) is 1.78. The number of nitriles is 1. The lowest BCUT2D eigenvalue weighted by atomic mass is 10.1. The number of alkyl halides is 3. The maximum absolute atomic E-state index is 12.9. The summed E-state index contributed by atoms with van der Waals surface area (Å²) in [7, 11) is 1.32. The first kappa shape index (κ1) is 11.5. The molecular weight excluding hydrogens is 229 g/mol. The summed E-state index contributed by atoms with van der Waals surface area (Å²) < 4.78 is 39.6. The molecule has 0 amide bonds. The molecule has 0 radical (unpaired) electrons. The van der Waals surface area contributed by atoms with E-state index < -0.39 is 11.9 Å². The van der Waals surface area contributed by atoms with Gasteiger partial charge in [0.05, 0.1) is 5.56 Å². The monoisotopic (exact) mass is 238 g/mol. The highest BCUT2D eigenvalue weighted by Gasteiger charge is 2.38. The van der Waals surface area contributed by atoms with Gasteiger partial charge in [-0.05, 0) is 19.1 Å². The van der Waals surface area contributed by atoms with Crippen LogP contribution in [0.15, 0.2) is 18.2 Å². The summed E-state index contributed by atoms with van der Waals surface area (Å²) >= 11 is 0. The van der Waals surface area contributed by atoms with Crippen molar-refractivity contribution in [2.45, 2.75) is 13.1 Å². The Morgan fingerprint density at radius 3 is 2.47 bits per heavy atom. The van der Waals surface area contributed by atoms with Gasteiger partial charge in [-0.15, -0.1) is 0 Å². The van der Waals surface area contributed by atoms with Crippen LogP contribution in [0.4, 0.5) is 13.2 Å². The highest BCUT2D eigenvalue weighted by atomic mass is 19.4. The molecule has 0 fully saturated rings. The molecule has 17 heavy (non-hydrogen) atoms. The van der Waals surface area contributed by atoms with Crippen LogP contribution in [0, 0.1) is 18.3 Å². The topological polar surface area (TPSA) is 28.7 Å². The largest absolute Gasteiger partial charge is 0.432 e. The zero-order valence-corrected chi connectivity index (χ0v) is 9.26. The molecule has 88 valence electrons. The molecule has 0 N–H and O–H groups in total. The van der Waals surface area contributed by atoms with E-state index >= 15 is 0 Å². The van der Waals surface area contributed by atoms with Gasteiger partial charge in [-0.3, -0.25) is 0 Å². The van der Waals surface area contributed by atoms with Crippen LogP contribution in [0.1, 0.15) is 16.8 Å². The van der Waals surface area contributed by atoms with Gasteiger partial charge in [-0.25, -0.2) is 0 Å². The van der Waals surface area contributed by atoms with Crippen molar-refractivity contribution >= 4 is 10.9 Å². The zero-order valence-electron chi connectivity index (χ0n) is 9.26. The third-order valence-corrected chi connectivity index (χ3v) is 2.74. The highest BCUT2D eigenvalue weighted by Crippen LogP contribution is 2.37. The van der Waals surface area contributed by atoms with E-state index in [0.717, 1.165) is 10.1 Å². The standard InChI is InChI=1S/C12H9F3N2/c1-7-3-4-10-8(5-7)9(6-16)11(17(10)2)12(13,14)15/h3-5H,1-2H3. The number of aryl methyl sites for hydroxylation is 2. The van der Waals surface area contributed by atoms with E-state index in [-0.39, 0.29) is 5.56 Å². The Balaban J connectivity index is 2.96. The van der Waals surface area contributed by atoms with E-state index in [0.29, 0.717) is 10.9 Å². The van der Waals surface area contributed by atoms with Gasteiger partial charge in [0.2, 0.25) is 0 Å². The molecule has 0 spiro atoms. The number of fused-ring (bicyclic) bond motifs is 1. The predicted octanol–water partition coefficient (Wildman–Crippen LogP) is 3.38. The van der Waals surface area contributed by atoms with Crippen molar-refractivity contribution in [2.24, 2.45) is 7.05 Å². The molecule has 0 aliphatic carbocycles. The second-order valence-corrected chi connectivity index (χ2v) is 3.91. The van der Waals surface area contributed by atoms with Crippen LogP contribution in [0.25, 0.3) is 10.9 Å². The van der Waals surface area contributed by atoms with E-state index in [4.69, 9.17) is 5.26 Å². The molecule has 0 saturated carbocycles. The molecule has 1 aromatic heterocycles. The average Bonchev–Trinajstić information content (AvgIpc) is 2.50. The summed E-state index contributed by atoms with van der Waals surface area (Å²) in [4.78, 5) is 0. The summed E-state index contributed by atoms with van der Waals surface area (Å²) in [6, 6.07) is 6.58. The van der Waals surface area contributed by atoms with Gasteiger partial charge >= 0.3 is 6.18 Å². The lowest BCUT2D eigenvalue weighted by Gasteiger charge is -2.08. The molecule has 0 unspecified atom stereocenters. The number of halogens is 3. The number of nitrogens with zero attached hydrogens (tertiary/aromatic N) is 2. The van der Waals surface area contributed by atoms with Crippen LogP contribution in [-0.4, -0.2) is 4.57 Å². The molecule has 0 saturated heterocycles. The van der Waals surface area contributed by atoms with Crippen LogP contribution in [0.3, 0.4) is 0 Å². The molecule has 0 bridgehead atoms. The van der Waals surface area contributed by atoms with E-state index in [1.807, 2.05) is 0 Å². The first-order chi connectivity index (χ1) is 7.86. The molecule has 0 atom stereocenters. The van der Waals surface area contributed by atoms with Gasteiger partial charge in [0.25, 0.3) is 0 Å². The summed E-state index contributed by atoms with van der Waals surface area (Å²) in [6.07, 6.45) is -4.52. The molecule has 2 aromatic rings. The van der Waals surface area contributed by atoms with Crippen molar-refractivity contribution in [2.75, 3.05) is 0 Å². The Morgan fingerprint density at radius 1 is 1.29 bits per heavy atom. The number of benzene rings is 1. The van der Waals surface area contributed by atoms with Gasteiger partial charge < -0.3 is 4.57 Å². The van der Waals surface area contributed by atoms with Crippen molar-refractivity contribution in [1.29, 1.82) is 5.26 Å². The molecular formula is C12H9F3N2. The van der Waals surface area contributed by atoms with Crippen molar-refractivity contribution in [3.05, 3.63) is 35.0 Å². The average molecular weight is 238 g/mol. The molecule has 1 heterocycles. The van der Waals surface area contributed by atoms with Crippen LogP contribution < -0.4 is 0 Å². The number of rotatable bonds is 0. The first-order valence-corrected chi connectivity index (χ1v) is 4.92. The molecule has 1 aromatic carbocycles. The summed E-state index contributed by atoms with van der Waals surface area (Å²) in [5.74, 6) is 0. The molecule has 2 nitrogen and oxygen atoms in total. The third kappa shape index (κ3) is 1.66. The first-order valence-electron chi connectivity index (χ1n) is 4.92. The molecule has 0 aliphatic heterocycles. The summed E-state index contributed by atoms with van der Waals surface area (Å²) in [5, 5.41) is 9.27. The van der Waals surface area contributed by atoms with E-state index in [2.05, 4.69) is 0 Å². The van der Waals surface area contributed by atoms with Crippen LogP contribution in [0.5, 0.6) is 0 Å². The lowest BCUT2D eigenvalue weighted by molar-refractivity contribution is -0.143. The van der Waals surface area contributed by atoms with Crippen molar-refractivity contribution in [3.8, 4) is 6.07 Å². The Bertz CT molecular complexity index is 630. The second-order valence-electron chi connectivity index (χ2n) is 3.91. The number of aromatic nitrogens is 1. The minimum Gasteiger partial charge on any atom is -0.339 e. The summed E-state index contributed by atoms with van der Waals surface area (Å²) in [5.41, 5.74) is 0.0482. The smallest absolute Gasteiger partial charge is 0.339 e. The maximum Gasteiger partial charge on any atom is 0.432 e. The van der Waals surface area contributed by atoms with Crippen molar-refractivity contribution in [1.82, 2.24) is 4.57 Å². The highest BCUT2D eigenvalue weighted by molar-refractivity contribution is 5.88. The van der Waals surface area contributed by atoms with Crippen LogP contribution in [0.2, 0.25) is 0 Å². The SMILES string of the molecule is Cc1ccc2c(c1)c(C#N)c(C(F)(F)F)n2C. The Kier molecular flexibility index (Phi) is 2.39. The third-order valence-electron chi connectivity index (χ3n) is 2.74. The lowest BCUT2D eigenvalue weighted by Crippen LogP contribution is -2.12. The molecule has 2 rings (SSSR count). The van der Waals surface area contributed by atoms with Gasteiger partial charge in [-0.2, -0.15) is 18.4 Å².